The Labute approximate surface area is 166 Å². The summed E-state index contributed by atoms with van der Waals surface area (Å²) in [4.78, 5) is 44.9. The lowest BCUT2D eigenvalue weighted by molar-refractivity contribution is -0.385. The number of anilines is 1. The molecule has 12 heteroatoms. The van der Waals surface area contributed by atoms with Crippen LogP contribution in [0.2, 0.25) is 5.02 Å². The van der Waals surface area contributed by atoms with Crippen molar-refractivity contribution in [3.8, 4) is 0 Å². The van der Waals surface area contributed by atoms with E-state index in [1.54, 1.807) is 6.07 Å². The number of hydrogen-bond donors (Lipinski definition) is 2. The SMILES string of the molecule is COC(=O)c1cc2nc(SCC(=O)Nc3ccc([N+](=O)[O-])cn3)[nH]c2cc1Cl. The minimum atomic E-state index is -0.575. The number of thioether (sulfide) groups is 1. The third kappa shape index (κ3) is 4.38. The van der Waals surface area contributed by atoms with Crippen molar-refractivity contribution in [2.75, 3.05) is 18.2 Å². The maximum absolute atomic E-state index is 12.0. The first-order chi connectivity index (χ1) is 13.4. The predicted octanol–water partition coefficient (Wildman–Crippen LogP) is 3.04. The maximum Gasteiger partial charge on any atom is 0.339 e. The summed E-state index contributed by atoms with van der Waals surface area (Å²) in [6, 6.07) is 5.65. The van der Waals surface area contributed by atoms with E-state index in [0.29, 0.717) is 16.2 Å². The van der Waals surface area contributed by atoms with Gasteiger partial charge in [0.15, 0.2) is 5.16 Å². The zero-order chi connectivity index (χ0) is 20.3. The molecule has 0 aliphatic carbocycles. The molecule has 0 saturated heterocycles. The summed E-state index contributed by atoms with van der Waals surface area (Å²) in [5.74, 6) is -0.703. The van der Waals surface area contributed by atoms with Gasteiger partial charge in [-0.05, 0) is 18.2 Å². The van der Waals surface area contributed by atoms with Gasteiger partial charge in [-0.15, -0.1) is 0 Å². The molecule has 0 fully saturated rings. The lowest BCUT2D eigenvalue weighted by Gasteiger charge is -2.02. The molecule has 0 saturated carbocycles. The summed E-state index contributed by atoms with van der Waals surface area (Å²) in [5, 5.41) is 13.8. The van der Waals surface area contributed by atoms with Gasteiger partial charge < -0.3 is 15.0 Å². The second-order valence-corrected chi connectivity index (χ2v) is 6.75. The van der Waals surface area contributed by atoms with Crippen molar-refractivity contribution in [3.05, 3.63) is 51.2 Å². The fourth-order valence-corrected chi connectivity index (χ4v) is 3.15. The number of nitrogens with zero attached hydrogens (tertiary/aromatic N) is 3. The van der Waals surface area contributed by atoms with Crippen molar-refractivity contribution in [1.29, 1.82) is 0 Å². The minimum Gasteiger partial charge on any atom is -0.465 e. The summed E-state index contributed by atoms with van der Waals surface area (Å²) in [6.45, 7) is 0. The van der Waals surface area contributed by atoms with Gasteiger partial charge in [-0.3, -0.25) is 14.9 Å². The van der Waals surface area contributed by atoms with Crippen molar-refractivity contribution < 1.29 is 19.2 Å². The molecule has 2 aromatic heterocycles. The highest BCUT2D eigenvalue weighted by Gasteiger charge is 2.15. The molecular formula is C16H12ClN5O5S. The number of methoxy groups -OCH3 is 1. The Morgan fingerprint density at radius 2 is 2.18 bits per heavy atom. The maximum atomic E-state index is 12.0. The molecule has 3 rings (SSSR count). The number of fused-ring (bicyclic) bond motifs is 1. The third-order valence-corrected chi connectivity index (χ3v) is 4.71. The van der Waals surface area contributed by atoms with Crippen LogP contribution in [0, 0.1) is 10.1 Å². The van der Waals surface area contributed by atoms with E-state index in [1.807, 2.05) is 0 Å². The van der Waals surface area contributed by atoms with Crippen molar-refractivity contribution in [2.45, 2.75) is 5.16 Å². The smallest absolute Gasteiger partial charge is 0.339 e. The van der Waals surface area contributed by atoms with E-state index < -0.39 is 10.9 Å². The molecule has 2 heterocycles. The number of carbonyl (C=O) groups excluding carboxylic acids is 2. The quantitative estimate of drug-likeness (QED) is 0.268. The number of aromatic amines is 1. The van der Waals surface area contributed by atoms with Crippen LogP contribution in [-0.4, -0.2) is 44.6 Å². The number of amides is 1. The largest absolute Gasteiger partial charge is 0.465 e. The van der Waals surface area contributed by atoms with Crippen LogP contribution in [0.4, 0.5) is 11.5 Å². The fourth-order valence-electron chi connectivity index (χ4n) is 2.22. The van der Waals surface area contributed by atoms with Gasteiger partial charge in [-0.1, -0.05) is 23.4 Å². The van der Waals surface area contributed by atoms with Gasteiger partial charge in [0.2, 0.25) is 5.91 Å². The summed E-state index contributed by atoms with van der Waals surface area (Å²) in [6.07, 6.45) is 1.06. The summed E-state index contributed by atoms with van der Waals surface area (Å²) in [7, 11) is 1.26. The Bertz CT molecular complexity index is 1070. The number of pyridine rings is 1. The van der Waals surface area contributed by atoms with E-state index >= 15 is 0 Å². The average Bonchev–Trinajstić information content (AvgIpc) is 3.07. The zero-order valence-electron chi connectivity index (χ0n) is 14.3. The number of halogens is 1. The van der Waals surface area contributed by atoms with Crippen LogP contribution in [0.1, 0.15) is 10.4 Å². The molecule has 0 atom stereocenters. The first-order valence-electron chi connectivity index (χ1n) is 7.68. The number of benzene rings is 1. The Balaban J connectivity index is 1.65. The summed E-state index contributed by atoms with van der Waals surface area (Å²) in [5.41, 5.74) is 1.14. The van der Waals surface area contributed by atoms with E-state index in [0.717, 1.165) is 18.0 Å². The molecule has 2 N–H and O–H groups in total. The van der Waals surface area contributed by atoms with E-state index in [1.165, 1.54) is 25.3 Å². The van der Waals surface area contributed by atoms with Crippen molar-refractivity contribution in [1.82, 2.24) is 15.0 Å². The van der Waals surface area contributed by atoms with Gasteiger partial charge in [0.05, 0.1) is 39.4 Å². The Morgan fingerprint density at radius 1 is 1.39 bits per heavy atom. The lowest BCUT2D eigenvalue weighted by Crippen LogP contribution is -2.15. The van der Waals surface area contributed by atoms with E-state index in [-0.39, 0.29) is 33.8 Å². The molecule has 0 aliphatic rings. The molecule has 1 aromatic carbocycles. The van der Waals surface area contributed by atoms with Crippen LogP contribution >= 0.6 is 23.4 Å². The topological polar surface area (TPSA) is 140 Å². The van der Waals surface area contributed by atoms with Crippen molar-refractivity contribution >= 4 is 57.8 Å². The van der Waals surface area contributed by atoms with E-state index in [4.69, 9.17) is 11.6 Å². The minimum absolute atomic E-state index is 0.0239. The number of carbonyl (C=O) groups is 2. The van der Waals surface area contributed by atoms with Crippen LogP contribution in [0.3, 0.4) is 0 Å². The molecule has 144 valence electrons. The number of hydrogen-bond acceptors (Lipinski definition) is 8. The van der Waals surface area contributed by atoms with E-state index in [9.17, 15) is 19.7 Å². The van der Waals surface area contributed by atoms with Gasteiger partial charge in [-0.2, -0.15) is 0 Å². The highest BCUT2D eigenvalue weighted by molar-refractivity contribution is 7.99. The van der Waals surface area contributed by atoms with Gasteiger partial charge in [0.25, 0.3) is 5.69 Å². The highest BCUT2D eigenvalue weighted by atomic mass is 35.5. The number of rotatable bonds is 6. The average molecular weight is 422 g/mol. The predicted molar refractivity (Wildman–Crippen MR) is 103 cm³/mol. The lowest BCUT2D eigenvalue weighted by atomic mass is 10.2. The highest BCUT2D eigenvalue weighted by Crippen LogP contribution is 2.26. The zero-order valence-corrected chi connectivity index (χ0v) is 15.8. The van der Waals surface area contributed by atoms with Crippen molar-refractivity contribution in [3.63, 3.8) is 0 Å². The van der Waals surface area contributed by atoms with Crippen LogP contribution in [0.25, 0.3) is 11.0 Å². The number of esters is 1. The van der Waals surface area contributed by atoms with Gasteiger partial charge >= 0.3 is 5.97 Å². The van der Waals surface area contributed by atoms with Crippen LogP contribution in [0.5, 0.6) is 0 Å². The number of nitrogens with one attached hydrogen (secondary N) is 2. The summed E-state index contributed by atoms with van der Waals surface area (Å²) >= 11 is 7.20. The summed E-state index contributed by atoms with van der Waals surface area (Å²) < 4.78 is 4.67. The third-order valence-electron chi connectivity index (χ3n) is 3.52. The molecule has 0 radical (unpaired) electrons. The van der Waals surface area contributed by atoms with Gasteiger partial charge in [0, 0.05) is 6.07 Å². The molecule has 0 unspecified atom stereocenters. The number of nitro groups is 1. The molecule has 0 spiro atoms. The van der Waals surface area contributed by atoms with Crippen LogP contribution in [0.15, 0.2) is 35.6 Å². The normalized spacial score (nSPS) is 10.6. The first kappa shape index (κ1) is 19.6. The number of aromatic nitrogens is 3. The van der Waals surface area contributed by atoms with Crippen molar-refractivity contribution in [2.24, 2.45) is 0 Å². The Kier molecular flexibility index (Phi) is 5.76. The molecule has 3 aromatic rings. The molecular weight excluding hydrogens is 410 g/mol. The van der Waals surface area contributed by atoms with E-state index in [2.05, 4.69) is 25.0 Å². The molecule has 10 nitrogen and oxygen atoms in total. The monoisotopic (exact) mass is 421 g/mol. The Hall–Kier alpha value is -3.18. The second-order valence-electron chi connectivity index (χ2n) is 5.38. The molecule has 1 amide bonds. The second kappa shape index (κ2) is 8.23. The molecule has 0 aliphatic heterocycles. The van der Waals surface area contributed by atoms with Crippen LogP contribution < -0.4 is 5.32 Å². The van der Waals surface area contributed by atoms with Gasteiger partial charge in [-0.25, -0.2) is 14.8 Å². The van der Waals surface area contributed by atoms with Crippen LogP contribution in [-0.2, 0) is 9.53 Å². The number of H-pyrrole nitrogens is 1. The number of imidazole rings is 1. The standard InChI is InChI=1S/C16H12ClN5O5S/c1-27-15(24)9-4-11-12(5-10(9)17)20-16(19-11)28-7-14(23)21-13-3-2-8(6-18-13)22(25)26/h2-6H,7H2,1H3,(H,19,20)(H,18,21,23). The fraction of sp³-hybridized carbons (Fsp3) is 0.125. The Morgan fingerprint density at radius 3 is 2.82 bits per heavy atom. The molecule has 0 bridgehead atoms. The number of ether oxygens (including phenoxy) is 1. The first-order valence-corrected chi connectivity index (χ1v) is 9.04. The molecule has 28 heavy (non-hydrogen) atoms. The van der Waals surface area contributed by atoms with Gasteiger partial charge in [0.1, 0.15) is 12.0 Å².